The van der Waals surface area contributed by atoms with E-state index in [1.807, 2.05) is 41.2 Å². The molecule has 5 fully saturated rings. The summed E-state index contributed by atoms with van der Waals surface area (Å²) in [6, 6.07) is 24.5. The zero-order valence-electron chi connectivity index (χ0n) is 65.5. The Morgan fingerprint density at radius 3 is 1.19 bits per heavy atom. The third-order valence-corrected chi connectivity index (χ3v) is 24.6. The van der Waals surface area contributed by atoms with E-state index in [0.717, 1.165) is 55.4 Å². The molecule has 20 N–H and O–H groups in total. The number of benzene rings is 3. The van der Waals surface area contributed by atoms with Crippen molar-refractivity contribution in [2.75, 3.05) is 152 Å². The lowest BCUT2D eigenvalue weighted by molar-refractivity contribution is 0.0730. The zero-order valence-corrected chi connectivity index (χ0v) is 72.8. The number of nitrogen functional groups attached to an aromatic ring is 1. The highest BCUT2D eigenvalue weighted by atomic mass is 32.3. The predicted molar refractivity (Wildman–Crippen MR) is 451 cm³/mol. The number of fused-ring (bicyclic) bond motifs is 5. The molecule has 117 heavy (non-hydrogen) atoms. The summed E-state index contributed by atoms with van der Waals surface area (Å²) >= 11 is 0. The third-order valence-electron chi connectivity index (χ3n) is 17.3. The first-order valence-corrected chi connectivity index (χ1v) is 52.1. The summed E-state index contributed by atoms with van der Waals surface area (Å²) < 4.78 is 277. The fraction of sp³-hybridized carbons (Fsp3) is 0.647. The number of nitrogens with one attached hydrogen (secondary N) is 8. The second-order valence-electron chi connectivity index (χ2n) is 27.6. The van der Waals surface area contributed by atoms with Gasteiger partial charge >= 0.3 is 0 Å². The predicted octanol–water partition coefficient (Wildman–Crippen LogP) is 4.77. The molecule has 49 heteroatoms. The van der Waals surface area contributed by atoms with Crippen LogP contribution in [-0.4, -0.2) is 274 Å². The van der Waals surface area contributed by atoms with E-state index in [0.29, 0.717) is 114 Å². The fourth-order valence-electron chi connectivity index (χ4n) is 11.7. The number of para-hydroxylation sites is 2. The van der Waals surface area contributed by atoms with Crippen LogP contribution in [0.15, 0.2) is 110 Å². The highest BCUT2D eigenvalue weighted by Crippen LogP contribution is 2.44. The van der Waals surface area contributed by atoms with Gasteiger partial charge in [0.1, 0.15) is 11.6 Å². The molecule has 0 amide bonds. The molecule has 4 aromatic rings. The van der Waals surface area contributed by atoms with Gasteiger partial charge < -0.3 is 62.8 Å². The highest BCUT2D eigenvalue weighted by molar-refractivity contribution is 7.87. The van der Waals surface area contributed by atoms with Crippen molar-refractivity contribution in [3.05, 3.63) is 116 Å². The maximum atomic E-state index is 12.5. The van der Waals surface area contributed by atoms with Crippen LogP contribution in [0.1, 0.15) is 109 Å². The minimum atomic E-state index is -3.90. The van der Waals surface area contributed by atoms with Gasteiger partial charge in [-0.15, -0.1) is 0 Å². The van der Waals surface area contributed by atoms with Crippen LogP contribution < -0.4 is 48.3 Å². The normalized spacial score (nSPS) is 17.8. The average Bonchev–Trinajstić information content (AvgIpc) is 1.81. The number of nitrogens with zero attached hydrogens (tertiary/aromatic N) is 2. The number of hydrogen-bond acceptors (Lipinski definition) is 29. The van der Waals surface area contributed by atoms with Gasteiger partial charge in [-0.2, -0.15) is 75.8 Å². The molecule has 2 aliphatic carbocycles. The van der Waals surface area contributed by atoms with Gasteiger partial charge in [-0.05, 0) is 227 Å². The number of anilines is 4. The maximum Gasteiger partial charge on any atom is 0.264 e. The van der Waals surface area contributed by atoms with E-state index in [1.165, 1.54) is 82.2 Å². The minimum Gasteiger partial charge on any atom is -0.506 e. The molecule has 0 radical (unpaired) electrons. The molecular weight excluding hydrogens is 1730 g/mol. The van der Waals surface area contributed by atoms with Crippen LogP contribution in [0.2, 0.25) is 0 Å². The van der Waals surface area contributed by atoms with Gasteiger partial charge in [-0.1, -0.05) is 25.0 Å². The van der Waals surface area contributed by atoms with Crippen molar-refractivity contribution in [2.45, 2.75) is 128 Å². The number of phenols is 1. The van der Waals surface area contributed by atoms with Gasteiger partial charge in [-0.3, -0.25) is 41.0 Å². The lowest BCUT2D eigenvalue weighted by atomic mass is 9.84. The quantitative estimate of drug-likeness (QED) is 0.0123. The number of unbranched alkanes of at least 4 members (excludes halogenated alkanes) is 2. The molecule has 3 saturated heterocycles. The Bertz CT molecular complexity index is 4370. The van der Waals surface area contributed by atoms with Crippen LogP contribution in [0.3, 0.4) is 0 Å². The number of nitrogens with two attached hydrogens (primary N) is 1. The molecule has 4 unspecified atom stereocenters. The van der Waals surface area contributed by atoms with E-state index in [-0.39, 0.29) is 82.6 Å². The highest BCUT2D eigenvalue weighted by Gasteiger charge is 2.39. The monoisotopic (exact) mass is 1850 g/mol. The topological polar surface area (TPSA) is 640 Å². The van der Waals surface area contributed by atoms with Gasteiger partial charge in [0, 0.05) is 99.8 Å². The Labute approximate surface area is 690 Å². The van der Waals surface area contributed by atoms with Gasteiger partial charge in [0.05, 0.1) is 57.5 Å². The molecule has 4 atom stereocenters. The third kappa shape index (κ3) is 68.6. The molecule has 678 valence electrons. The molecular formula is C68H122FN11O28S9. The van der Waals surface area contributed by atoms with E-state index < -0.39 is 91.1 Å². The number of phenolic OH excluding ortho intramolecular Hbond substituents is 1. The summed E-state index contributed by atoms with van der Waals surface area (Å²) in [5.41, 5.74) is 8.32. The fourth-order valence-corrected chi connectivity index (χ4v) is 16.4. The molecule has 0 spiro atoms. The molecule has 3 aromatic carbocycles. The Hall–Kier alpha value is -5.76. The van der Waals surface area contributed by atoms with Crippen molar-refractivity contribution in [2.24, 2.45) is 17.8 Å². The zero-order chi connectivity index (χ0) is 88.3. The number of piperidine rings is 3. The molecule has 4 heterocycles. The molecule has 1 aromatic heterocycles. The van der Waals surface area contributed by atoms with Crippen LogP contribution >= 0.6 is 0 Å². The van der Waals surface area contributed by atoms with Crippen molar-refractivity contribution in [3.63, 3.8) is 0 Å². The minimum absolute atomic E-state index is 0.0961. The second-order valence-corrected chi connectivity index (χ2v) is 41.7. The van der Waals surface area contributed by atoms with Crippen LogP contribution in [0.25, 0.3) is 0 Å². The van der Waals surface area contributed by atoms with Crippen molar-refractivity contribution in [1.82, 2.24) is 36.1 Å². The van der Waals surface area contributed by atoms with Crippen LogP contribution in [-0.2, 0) is 97.6 Å². The van der Waals surface area contributed by atoms with Crippen LogP contribution in [0.4, 0.5) is 27.1 Å². The van der Waals surface area contributed by atoms with E-state index in [4.69, 9.17) is 46.7 Å². The van der Waals surface area contributed by atoms with Gasteiger partial charge in [-0.25, -0.2) is 4.39 Å². The molecule has 4 bridgehead atoms. The number of aryl methyl sites for hydroxylation is 1. The Morgan fingerprint density at radius 1 is 0.402 bits per heavy atom. The summed E-state index contributed by atoms with van der Waals surface area (Å²) in [7, 11) is -32.8. The number of aromatic hydroxyl groups is 1. The standard InChI is InChI=1S/C12H23NO3S.C10H20N2O3S.C9H12FNO3S.C9H14N2O3S.C9H13NO4S.C8H18N2O6S2.C7H11NO3S.C4H11NO3S/c14-17(15,16)7-3-1-2-6-13-12-9-10-4-5-11(12)8-10;13-16(14,15)7-1-4-11-10-8-12-5-2-9(10)3-6-12;2*10-8-2-4-9(5-3-8)11-6-1-7-15(12,13)14;11-9-5-2-1-4-8(9)10-6-3-7-15(12,13)14;11-17(12,13)7-1-3-9-5-6-10-4-2-8-18(14,15)16;9-12(10,11)7-3-6-8-4-1-2-5-8;1-5-3-2-4-9(6,7)8/h10-13H,1-9H2,(H,14,15,16);9-11H,1-8H2,(H,13,14,15);2-5,11H,1,6-7H2,(H,12,13,14);2-5,11H,1,6-7,10H2,(H,12,13,14);1-2,4-5,10-11H,3,6-7H2,(H,12,13,14);5-6,9-10H,1-4,7-8H2,(H,11,12,13)(H,14,15,16);1-2,4-5H,3,6-7H2,(H,9,10,11);5H,2-4H2,1H3,(H,6,7,8)/b;;;;;6-5-;;. The van der Waals surface area contributed by atoms with E-state index in [1.54, 1.807) is 49.5 Å². The average molecular weight is 1850 g/mol. The number of halogens is 1. The number of aromatic nitrogens is 1. The second kappa shape index (κ2) is 57.5. The van der Waals surface area contributed by atoms with Crippen molar-refractivity contribution in [3.8, 4) is 5.75 Å². The summed E-state index contributed by atoms with van der Waals surface area (Å²) in [5.74, 6) is 0.476. The summed E-state index contributed by atoms with van der Waals surface area (Å²) in [5, 5.41) is 33.4. The first kappa shape index (κ1) is 109. The molecule has 5 aliphatic rings. The van der Waals surface area contributed by atoms with Crippen LogP contribution in [0, 0.1) is 23.6 Å². The van der Waals surface area contributed by atoms with E-state index in [9.17, 15) is 85.3 Å². The number of hydrogen-bond donors (Lipinski definition) is 19. The Morgan fingerprint density at radius 2 is 0.786 bits per heavy atom. The Kier molecular flexibility index (Phi) is 53.7. The molecule has 39 nitrogen and oxygen atoms in total. The number of rotatable bonds is 45. The summed E-state index contributed by atoms with van der Waals surface area (Å²) in [4.78, 5) is 2.46. The molecule has 2 saturated carbocycles. The van der Waals surface area contributed by atoms with E-state index >= 15 is 0 Å². The smallest absolute Gasteiger partial charge is 0.264 e. The first-order valence-electron chi connectivity index (χ1n) is 37.6. The Balaban J connectivity index is 0.000000672. The molecule has 3 aliphatic heterocycles. The first-order chi connectivity index (χ1) is 54.4. The van der Waals surface area contributed by atoms with Gasteiger partial charge in [0.2, 0.25) is 0 Å². The van der Waals surface area contributed by atoms with Gasteiger partial charge in [0.25, 0.3) is 91.1 Å². The van der Waals surface area contributed by atoms with Crippen molar-refractivity contribution < 1.29 is 126 Å². The lowest BCUT2D eigenvalue weighted by Gasteiger charge is -2.45. The molecule has 9 rings (SSSR count). The summed E-state index contributed by atoms with van der Waals surface area (Å²) in [6.45, 7) is 8.47. The van der Waals surface area contributed by atoms with Crippen molar-refractivity contribution in [1.29, 1.82) is 0 Å². The van der Waals surface area contributed by atoms with Gasteiger partial charge in [0.15, 0.2) is 0 Å². The SMILES string of the molecule is CNCCCS(=O)(=O)O.Nc1ccc(NCCCS(=O)(=O)O)cc1.O=S(=O)(O)CCCCCNC1CC2CCC1C2.O=S(=O)(O)CCCN/C=C\NCCCS(=O)(=O)O.O=S(=O)(O)CCCNC1CN2CCC1CC2.O=S(=O)(O)CCCNc1ccc(F)cc1.O=S(=O)(O)CCCNc1ccccc1O.O=S(=O)(O)CCCn1cccc1. The summed E-state index contributed by atoms with van der Waals surface area (Å²) in [6.07, 6.45) is 20.2. The van der Waals surface area contributed by atoms with Crippen molar-refractivity contribution >= 4 is 114 Å². The largest absolute Gasteiger partial charge is 0.506 e. The van der Waals surface area contributed by atoms with E-state index in [2.05, 4.69) is 47.4 Å². The van der Waals surface area contributed by atoms with Crippen LogP contribution in [0.5, 0.6) is 5.75 Å². The maximum absolute atomic E-state index is 12.5. The lowest BCUT2D eigenvalue weighted by Crippen LogP contribution is -2.56.